The van der Waals surface area contributed by atoms with Gasteiger partial charge in [0.05, 0.1) is 5.25 Å². The van der Waals surface area contributed by atoms with Gasteiger partial charge in [0, 0.05) is 11.4 Å². The van der Waals surface area contributed by atoms with Gasteiger partial charge in [-0.2, -0.15) is 0 Å². The van der Waals surface area contributed by atoms with Crippen LogP contribution in [-0.4, -0.2) is 25.0 Å². The molecule has 1 unspecified atom stereocenters. The number of nitrogens with one attached hydrogen (secondary N) is 1. The quantitative estimate of drug-likeness (QED) is 0.803. The zero-order valence-corrected chi connectivity index (χ0v) is 10.9. The van der Waals surface area contributed by atoms with Gasteiger partial charge in [0.25, 0.3) is 0 Å². The SMILES string of the molecule is CC(CBr)NS(=O)(=O)C1CCCCC1. The van der Waals surface area contributed by atoms with E-state index in [1.54, 1.807) is 0 Å². The van der Waals surface area contributed by atoms with Crippen LogP contribution >= 0.6 is 15.9 Å². The zero-order chi connectivity index (χ0) is 10.6. The molecule has 5 heteroatoms. The van der Waals surface area contributed by atoms with Crippen molar-refractivity contribution < 1.29 is 8.42 Å². The molecule has 1 fully saturated rings. The third-order valence-corrected chi connectivity index (χ3v) is 5.64. The number of sulfonamides is 1. The summed E-state index contributed by atoms with van der Waals surface area (Å²) in [6, 6.07) is -0.0121. The number of halogens is 1. The Kier molecular flexibility index (Phi) is 4.87. The van der Waals surface area contributed by atoms with Crippen molar-refractivity contribution in [2.24, 2.45) is 0 Å². The molecular formula is C9H18BrNO2S. The molecule has 3 nitrogen and oxygen atoms in total. The van der Waals surface area contributed by atoms with Gasteiger partial charge in [-0.3, -0.25) is 0 Å². The first kappa shape index (κ1) is 12.5. The van der Waals surface area contributed by atoms with E-state index < -0.39 is 10.0 Å². The lowest BCUT2D eigenvalue weighted by Gasteiger charge is -2.23. The van der Waals surface area contributed by atoms with Crippen molar-refractivity contribution in [1.29, 1.82) is 0 Å². The predicted octanol–water partition coefficient (Wildman–Crippen LogP) is 2.02. The molecule has 0 radical (unpaired) electrons. The van der Waals surface area contributed by atoms with E-state index in [0.29, 0.717) is 5.33 Å². The van der Waals surface area contributed by atoms with Crippen LogP contribution in [0, 0.1) is 0 Å². The van der Waals surface area contributed by atoms with Gasteiger partial charge in [0.2, 0.25) is 10.0 Å². The summed E-state index contributed by atoms with van der Waals surface area (Å²) in [4.78, 5) is 0. The van der Waals surface area contributed by atoms with Gasteiger partial charge in [-0.15, -0.1) is 0 Å². The molecule has 0 aromatic carbocycles. The summed E-state index contributed by atoms with van der Waals surface area (Å²) in [6.07, 6.45) is 4.93. The van der Waals surface area contributed by atoms with Crippen LogP contribution in [-0.2, 0) is 10.0 Å². The van der Waals surface area contributed by atoms with Crippen molar-refractivity contribution in [3.8, 4) is 0 Å². The molecule has 0 amide bonds. The average molecular weight is 284 g/mol. The van der Waals surface area contributed by atoms with E-state index in [1.165, 1.54) is 6.42 Å². The minimum Gasteiger partial charge on any atom is -0.212 e. The minimum atomic E-state index is -3.07. The number of hydrogen-bond acceptors (Lipinski definition) is 2. The molecule has 0 aromatic rings. The van der Waals surface area contributed by atoms with Gasteiger partial charge in [-0.1, -0.05) is 35.2 Å². The van der Waals surface area contributed by atoms with E-state index >= 15 is 0 Å². The van der Waals surface area contributed by atoms with Crippen LogP contribution in [0.2, 0.25) is 0 Å². The lowest BCUT2D eigenvalue weighted by Crippen LogP contribution is -2.41. The van der Waals surface area contributed by atoms with Crippen molar-refractivity contribution in [3.05, 3.63) is 0 Å². The fourth-order valence-electron chi connectivity index (χ4n) is 1.78. The Balaban J connectivity index is 2.54. The van der Waals surface area contributed by atoms with E-state index in [4.69, 9.17) is 0 Å². The molecule has 0 bridgehead atoms. The number of alkyl halides is 1. The third-order valence-electron chi connectivity index (χ3n) is 2.59. The van der Waals surface area contributed by atoms with Crippen LogP contribution in [0.3, 0.4) is 0 Å². The summed E-state index contributed by atoms with van der Waals surface area (Å²) in [5, 5.41) is 0.511. The van der Waals surface area contributed by atoms with Crippen molar-refractivity contribution >= 4 is 26.0 Å². The molecular weight excluding hydrogens is 266 g/mol. The highest BCUT2D eigenvalue weighted by Crippen LogP contribution is 2.23. The monoisotopic (exact) mass is 283 g/mol. The van der Waals surface area contributed by atoms with Crippen LogP contribution in [0.25, 0.3) is 0 Å². The Hall–Kier alpha value is 0.390. The molecule has 1 rings (SSSR count). The van der Waals surface area contributed by atoms with Crippen LogP contribution < -0.4 is 4.72 Å². The standard InChI is InChI=1S/C9H18BrNO2S/c1-8(7-10)11-14(12,13)9-5-3-2-4-6-9/h8-9,11H,2-7H2,1H3. The largest absolute Gasteiger partial charge is 0.214 e. The highest BCUT2D eigenvalue weighted by Gasteiger charge is 2.27. The van der Waals surface area contributed by atoms with E-state index in [2.05, 4.69) is 20.7 Å². The Morgan fingerprint density at radius 3 is 2.43 bits per heavy atom. The maximum atomic E-state index is 11.8. The summed E-state index contributed by atoms with van der Waals surface area (Å²) >= 11 is 3.26. The molecule has 0 aliphatic heterocycles. The highest BCUT2D eigenvalue weighted by atomic mass is 79.9. The molecule has 1 aliphatic rings. The van der Waals surface area contributed by atoms with Gasteiger partial charge in [-0.25, -0.2) is 13.1 Å². The normalized spacial score (nSPS) is 22.1. The van der Waals surface area contributed by atoms with E-state index in [-0.39, 0.29) is 11.3 Å². The summed E-state index contributed by atoms with van der Waals surface area (Å²) in [5.74, 6) is 0. The van der Waals surface area contributed by atoms with E-state index in [9.17, 15) is 8.42 Å². The molecule has 0 aromatic heterocycles. The predicted molar refractivity (Wildman–Crippen MR) is 62.2 cm³/mol. The van der Waals surface area contributed by atoms with Gasteiger partial charge in [0.1, 0.15) is 0 Å². The molecule has 1 N–H and O–H groups in total. The van der Waals surface area contributed by atoms with Crippen molar-refractivity contribution in [3.63, 3.8) is 0 Å². The molecule has 0 heterocycles. The molecule has 84 valence electrons. The number of rotatable bonds is 4. The highest BCUT2D eigenvalue weighted by molar-refractivity contribution is 9.09. The molecule has 1 atom stereocenters. The Morgan fingerprint density at radius 1 is 1.36 bits per heavy atom. The Morgan fingerprint density at radius 2 is 1.93 bits per heavy atom. The fraction of sp³-hybridized carbons (Fsp3) is 1.00. The first-order valence-electron chi connectivity index (χ1n) is 5.13. The second kappa shape index (κ2) is 5.47. The van der Waals surface area contributed by atoms with Gasteiger partial charge >= 0.3 is 0 Å². The Labute approximate surface area is 94.8 Å². The molecule has 0 saturated heterocycles. The topological polar surface area (TPSA) is 46.2 Å². The zero-order valence-electron chi connectivity index (χ0n) is 8.50. The lowest BCUT2D eigenvalue weighted by molar-refractivity contribution is 0.474. The first-order valence-corrected chi connectivity index (χ1v) is 7.80. The van der Waals surface area contributed by atoms with E-state index in [0.717, 1.165) is 25.7 Å². The Bertz CT molecular complexity index is 260. The minimum absolute atomic E-state index is 0.0121. The van der Waals surface area contributed by atoms with Crippen molar-refractivity contribution in [1.82, 2.24) is 4.72 Å². The van der Waals surface area contributed by atoms with Gasteiger partial charge in [0.15, 0.2) is 0 Å². The second-order valence-corrected chi connectivity index (χ2v) is 6.62. The summed E-state index contributed by atoms with van der Waals surface area (Å²) in [6.45, 7) is 1.87. The summed E-state index contributed by atoms with van der Waals surface area (Å²) in [5.41, 5.74) is 0. The van der Waals surface area contributed by atoms with Crippen LogP contribution in [0.15, 0.2) is 0 Å². The van der Waals surface area contributed by atoms with E-state index in [1.807, 2.05) is 6.92 Å². The lowest BCUT2D eigenvalue weighted by atomic mass is 10.0. The second-order valence-electron chi connectivity index (χ2n) is 3.98. The summed E-state index contributed by atoms with van der Waals surface area (Å²) < 4.78 is 26.3. The molecule has 0 spiro atoms. The maximum Gasteiger partial charge on any atom is 0.214 e. The maximum absolute atomic E-state index is 11.8. The van der Waals surface area contributed by atoms with Crippen molar-refractivity contribution in [2.75, 3.05) is 5.33 Å². The van der Waals surface area contributed by atoms with Gasteiger partial charge in [-0.05, 0) is 19.8 Å². The summed E-state index contributed by atoms with van der Waals surface area (Å²) in [7, 11) is -3.07. The van der Waals surface area contributed by atoms with Crippen LogP contribution in [0.4, 0.5) is 0 Å². The third kappa shape index (κ3) is 3.51. The fourth-order valence-corrected chi connectivity index (χ4v) is 3.95. The average Bonchev–Trinajstić information content (AvgIpc) is 2.18. The first-order chi connectivity index (χ1) is 6.56. The van der Waals surface area contributed by atoms with Crippen LogP contribution in [0.5, 0.6) is 0 Å². The smallest absolute Gasteiger partial charge is 0.212 e. The number of hydrogen-bond donors (Lipinski definition) is 1. The molecule has 1 aliphatic carbocycles. The van der Waals surface area contributed by atoms with Crippen LogP contribution in [0.1, 0.15) is 39.0 Å². The van der Waals surface area contributed by atoms with Gasteiger partial charge < -0.3 is 0 Å². The molecule has 14 heavy (non-hydrogen) atoms. The van der Waals surface area contributed by atoms with Crippen molar-refractivity contribution in [2.45, 2.75) is 50.3 Å². The molecule has 1 saturated carbocycles.